The minimum absolute atomic E-state index is 0.175. The van der Waals surface area contributed by atoms with Crippen LogP contribution in [0.3, 0.4) is 0 Å². The topological polar surface area (TPSA) is 32.8 Å². The number of pyridine rings is 1. The average Bonchev–Trinajstić information content (AvgIpc) is 2.07. The van der Waals surface area contributed by atoms with Gasteiger partial charge in [0, 0.05) is 5.39 Å². The Kier molecular flexibility index (Phi) is 1.62. The van der Waals surface area contributed by atoms with Crippen LogP contribution in [-0.4, -0.2) is 4.98 Å². The lowest BCUT2D eigenvalue weighted by molar-refractivity contribution is 0.339. The van der Waals surface area contributed by atoms with Gasteiger partial charge in [-0.25, -0.2) is 4.98 Å². The maximum Gasteiger partial charge on any atom is 0.289 e. The number of rotatable bonds is 0. The molecule has 12 heavy (non-hydrogen) atoms. The van der Waals surface area contributed by atoms with Gasteiger partial charge >= 0.3 is 0 Å². The third kappa shape index (κ3) is 1.10. The Labute approximate surface area is 74.4 Å². The molecule has 0 aliphatic rings. The van der Waals surface area contributed by atoms with E-state index < -0.39 is 0 Å². The Balaban J connectivity index is 2.84. The Morgan fingerprint density at radius 2 is 2.00 bits per heavy atom. The van der Waals surface area contributed by atoms with Gasteiger partial charge in [0.2, 0.25) is 0 Å². The summed E-state index contributed by atoms with van der Waals surface area (Å²) in [5.74, 6) is -0.365. The minimum atomic E-state index is -0.365. The number of hydrogen-bond acceptors (Lipinski definition) is 1. The Morgan fingerprint density at radius 1 is 1.25 bits per heavy atom. The van der Waals surface area contributed by atoms with Crippen molar-refractivity contribution in [1.82, 2.24) is 4.98 Å². The zero-order valence-electron chi connectivity index (χ0n) is 6.12. The molecule has 0 atom stereocenters. The molecule has 0 spiro atoms. The number of fused-ring (bicyclic) bond motifs is 1. The highest BCUT2D eigenvalue weighted by Gasteiger charge is 2.03. The van der Waals surface area contributed by atoms with Crippen molar-refractivity contribution in [2.24, 2.45) is 0 Å². The van der Waals surface area contributed by atoms with Gasteiger partial charge in [-0.15, -0.1) is 0 Å². The van der Waals surface area contributed by atoms with Crippen LogP contribution in [0.5, 0.6) is 5.88 Å². The first-order valence-electron chi connectivity index (χ1n) is 3.50. The summed E-state index contributed by atoms with van der Waals surface area (Å²) >= 11 is 5.61. The monoisotopic (exact) mass is 178 g/mol. The van der Waals surface area contributed by atoms with Crippen LogP contribution in [-0.2, 0) is 5.11 Å². The van der Waals surface area contributed by atoms with Gasteiger partial charge in [0.1, 0.15) is 5.02 Å². The SMILES string of the molecule is [O]c1nc2ccccc2cc1Cl. The molecule has 0 aliphatic carbocycles. The lowest BCUT2D eigenvalue weighted by Crippen LogP contribution is -1.78. The van der Waals surface area contributed by atoms with Crippen molar-refractivity contribution in [2.45, 2.75) is 0 Å². The molecule has 0 N–H and O–H groups in total. The molecular formula is C9H5ClNO. The number of halogens is 1. The molecule has 59 valence electrons. The molecular weight excluding hydrogens is 174 g/mol. The number of para-hydroxylation sites is 1. The second kappa shape index (κ2) is 2.64. The van der Waals surface area contributed by atoms with E-state index in [0.29, 0.717) is 5.52 Å². The van der Waals surface area contributed by atoms with Gasteiger partial charge in [-0.05, 0) is 12.1 Å². The molecule has 0 amide bonds. The largest absolute Gasteiger partial charge is 0.289 e. The van der Waals surface area contributed by atoms with Crippen LogP contribution in [0.4, 0.5) is 0 Å². The Hall–Kier alpha value is -1.28. The molecule has 1 radical (unpaired) electrons. The van der Waals surface area contributed by atoms with E-state index in [2.05, 4.69) is 4.98 Å². The predicted octanol–water partition coefficient (Wildman–Crippen LogP) is 3.03. The highest BCUT2D eigenvalue weighted by atomic mass is 35.5. The van der Waals surface area contributed by atoms with Crippen LogP contribution in [0.2, 0.25) is 5.02 Å². The molecule has 1 aromatic carbocycles. The normalized spacial score (nSPS) is 10.4. The summed E-state index contributed by atoms with van der Waals surface area (Å²) in [6.07, 6.45) is 0. The first-order valence-corrected chi connectivity index (χ1v) is 3.87. The second-order valence-electron chi connectivity index (χ2n) is 2.47. The molecule has 2 nitrogen and oxygen atoms in total. The smallest absolute Gasteiger partial charge is 0.266 e. The van der Waals surface area contributed by atoms with E-state index in [1.165, 1.54) is 0 Å². The van der Waals surface area contributed by atoms with Crippen molar-refractivity contribution in [3.05, 3.63) is 35.4 Å². The van der Waals surface area contributed by atoms with Gasteiger partial charge in [0.15, 0.2) is 0 Å². The van der Waals surface area contributed by atoms with E-state index >= 15 is 0 Å². The highest BCUT2D eigenvalue weighted by molar-refractivity contribution is 6.32. The minimum Gasteiger partial charge on any atom is -0.266 e. The van der Waals surface area contributed by atoms with Crippen LogP contribution in [0, 0.1) is 0 Å². The summed E-state index contributed by atoms with van der Waals surface area (Å²) in [6, 6.07) is 9.00. The molecule has 2 rings (SSSR count). The highest BCUT2D eigenvalue weighted by Crippen LogP contribution is 2.25. The lowest BCUT2D eigenvalue weighted by Gasteiger charge is -1.96. The van der Waals surface area contributed by atoms with Crippen molar-refractivity contribution in [3.63, 3.8) is 0 Å². The predicted molar refractivity (Wildman–Crippen MR) is 46.9 cm³/mol. The lowest BCUT2D eigenvalue weighted by atomic mass is 10.2. The summed E-state index contributed by atoms with van der Waals surface area (Å²) in [6.45, 7) is 0. The van der Waals surface area contributed by atoms with E-state index in [-0.39, 0.29) is 10.9 Å². The zero-order valence-corrected chi connectivity index (χ0v) is 6.88. The van der Waals surface area contributed by atoms with Gasteiger partial charge in [0.25, 0.3) is 5.88 Å². The van der Waals surface area contributed by atoms with Crippen molar-refractivity contribution < 1.29 is 5.11 Å². The number of nitrogens with zero attached hydrogens (tertiary/aromatic N) is 1. The fourth-order valence-electron chi connectivity index (χ4n) is 1.07. The summed E-state index contributed by atoms with van der Waals surface area (Å²) < 4.78 is 0. The maximum absolute atomic E-state index is 11.0. The molecule has 0 aliphatic heterocycles. The van der Waals surface area contributed by atoms with Crippen LogP contribution >= 0.6 is 11.6 Å². The van der Waals surface area contributed by atoms with Crippen molar-refractivity contribution >= 4 is 22.5 Å². The van der Waals surface area contributed by atoms with Crippen LogP contribution in [0.15, 0.2) is 30.3 Å². The van der Waals surface area contributed by atoms with Gasteiger partial charge in [-0.1, -0.05) is 29.8 Å². The van der Waals surface area contributed by atoms with Crippen LogP contribution in [0.25, 0.3) is 10.9 Å². The van der Waals surface area contributed by atoms with Crippen molar-refractivity contribution in [3.8, 4) is 5.88 Å². The first-order chi connectivity index (χ1) is 5.77. The summed E-state index contributed by atoms with van der Waals surface area (Å²) in [4.78, 5) is 3.79. The third-order valence-corrected chi connectivity index (χ3v) is 1.92. The van der Waals surface area contributed by atoms with Gasteiger partial charge < -0.3 is 0 Å². The van der Waals surface area contributed by atoms with E-state index in [0.717, 1.165) is 5.39 Å². The first kappa shape index (κ1) is 7.37. The average molecular weight is 179 g/mol. The molecule has 1 aromatic heterocycles. The molecule has 0 fully saturated rings. The Morgan fingerprint density at radius 3 is 2.83 bits per heavy atom. The van der Waals surface area contributed by atoms with E-state index in [9.17, 15) is 5.11 Å². The van der Waals surface area contributed by atoms with Crippen LogP contribution < -0.4 is 0 Å². The van der Waals surface area contributed by atoms with Crippen molar-refractivity contribution in [2.75, 3.05) is 0 Å². The number of benzene rings is 1. The molecule has 0 saturated carbocycles. The molecule has 3 heteroatoms. The molecule has 0 unspecified atom stereocenters. The molecule has 2 aromatic rings. The number of aromatic nitrogens is 1. The fraction of sp³-hybridized carbons (Fsp3) is 0. The number of hydrogen-bond donors (Lipinski definition) is 0. The zero-order chi connectivity index (χ0) is 8.55. The van der Waals surface area contributed by atoms with Gasteiger partial charge in [-0.2, -0.15) is 0 Å². The fourth-order valence-corrected chi connectivity index (χ4v) is 1.23. The standard InChI is InChI=1S/C9H5ClNO/c10-7-5-6-3-1-2-4-8(6)11-9(7)12/h1-5H. The quantitative estimate of drug-likeness (QED) is 0.610. The van der Waals surface area contributed by atoms with E-state index in [4.69, 9.17) is 11.6 Å². The van der Waals surface area contributed by atoms with E-state index in [1.807, 2.05) is 18.2 Å². The molecule has 0 bridgehead atoms. The summed E-state index contributed by atoms with van der Waals surface area (Å²) in [7, 11) is 0. The summed E-state index contributed by atoms with van der Waals surface area (Å²) in [5, 5.41) is 12.1. The summed E-state index contributed by atoms with van der Waals surface area (Å²) in [5.41, 5.74) is 0.687. The molecule has 0 saturated heterocycles. The van der Waals surface area contributed by atoms with Crippen LogP contribution in [0.1, 0.15) is 0 Å². The third-order valence-electron chi connectivity index (χ3n) is 1.65. The van der Waals surface area contributed by atoms with Gasteiger partial charge in [-0.3, -0.25) is 5.11 Å². The molecule has 1 heterocycles. The maximum atomic E-state index is 11.0. The Bertz CT molecular complexity index is 387. The second-order valence-corrected chi connectivity index (χ2v) is 2.88. The van der Waals surface area contributed by atoms with Crippen molar-refractivity contribution in [1.29, 1.82) is 0 Å². The van der Waals surface area contributed by atoms with E-state index in [1.54, 1.807) is 12.1 Å². The van der Waals surface area contributed by atoms with Gasteiger partial charge in [0.05, 0.1) is 5.52 Å².